The predicted molar refractivity (Wildman–Crippen MR) is 82.8 cm³/mol. The van der Waals surface area contributed by atoms with Crippen LogP contribution in [0.2, 0.25) is 0 Å². The van der Waals surface area contributed by atoms with Gasteiger partial charge in [-0.15, -0.1) is 0 Å². The molecule has 5 nitrogen and oxygen atoms in total. The average Bonchev–Trinajstić information content (AvgIpc) is 3.06. The van der Waals surface area contributed by atoms with Crippen molar-refractivity contribution in [1.29, 1.82) is 0 Å². The van der Waals surface area contributed by atoms with Crippen LogP contribution in [0.5, 0.6) is 0 Å². The Hall–Kier alpha value is -2.76. The first kappa shape index (κ1) is 14.2. The van der Waals surface area contributed by atoms with Gasteiger partial charge < -0.3 is 9.88 Å². The van der Waals surface area contributed by atoms with Gasteiger partial charge in [-0.3, -0.25) is 0 Å². The number of hydrogen-bond acceptors (Lipinski definition) is 4. The Labute approximate surface area is 127 Å². The van der Waals surface area contributed by atoms with Gasteiger partial charge in [0.05, 0.1) is 6.33 Å². The molecule has 3 aromatic rings. The molecule has 22 heavy (non-hydrogen) atoms. The Bertz CT molecular complexity index is 692. The monoisotopic (exact) mass is 297 g/mol. The summed E-state index contributed by atoms with van der Waals surface area (Å²) in [6, 6.07) is 6.29. The normalized spacial score (nSPS) is 10.6. The van der Waals surface area contributed by atoms with E-state index < -0.39 is 0 Å². The van der Waals surface area contributed by atoms with E-state index in [2.05, 4.69) is 20.3 Å². The van der Waals surface area contributed by atoms with Crippen LogP contribution in [0, 0.1) is 5.82 Å². The van der Waals surface area contributed by atoms with E-state index in [-0.39, 0.29) is 5.82 Å². The molecular weight excluding hydrogens is 281 g/mol. The van der Waals surface area contributed by atoms with Gasteiger partial charge in [0.25, 0.3) is 0 Å². The van der Waals surface area contributed by atoms with Crippen LogP contribution < -0.4 is 5.32 Å². The highest BCUT2D eigenvalue weighted by Gasteiger charge is 2.01. The van der Waals surface area contributed by atoms with Gasteiger partial charge >= 0.3 is 0 Å². The largest absolute Gasteiger partial charge is 0.354 e. The van der Waals surface area contributed by atoms with Crippen molar-refractivity contribution in [2.24, 2.45) is 0 Å². The van der Waals surface area contributed by atoms with Crippen LogP contribution in [-0.2, 0) is 6.54 Å². The zero-order valence-corrected chi connectivity index (χ0v) is 12.0. The minimum atomic E-state index is -0.249. The predicted octanol–water partition coefficient (Wildman–Crippen LogP) is 2.98. The molecule has 2 heterocycles. The van der Waals surface area contributed by atoms with E-state index in [0.717, 1.165) is 30.6 Å². The van der Waals surface area contributed by atoms with Gasteiger partial charge in [-0.2, -0.15) is 0 Å². The fraction of sp³-hybridized carbons (Fsp3) is 0.188. The summed E-state index contributed by atoms with van der Waals surface area (Å²) in [5.74, 6) is 0.345. The van der Waals surface area contributed by atoms with E-state index in [1.807, 2.05) is 10.8 Å². The number of halogens is 1. The Morgan fingerprint density at radius 2 is 1.82 bits per heavy atom. The van der Waals surface area contributed by atoms with Gasteiger partial charge in [-0.05, 0) is 24.1 Å². The summed E-state index contributed by atoms with van der Waals surface area (Å²) in [7, 11) is 0. The highest BCUT2D eigenvalue weighted by Crippen LogP contribution is 2.18. The van der Waals surface area contributed by atoms with Crippen LogP contribution in [0.3, 0.4) is 0 Å². The second-order valence-corrected chi connectivity index (χ2v) is 4.88. The van der Waals surface area contributed by atoms with E-state index in [9.17, 15) is 4.39 Å². The highest BCUT2D eigenvalue weighted by atomic mass is 19.1. The molecule has 0 amide bonds. The topological polar surface area (TPSA) is 55.6 Å². The van der Waals surface area contributed by atoms with Crippen molar-refractivity contribution in [3.63, 3.8) is 0 Å². The molecule has 0 radical (unpaired) electrons. The van der Waals surface area contributed by atoms with Gasteiger partial charge in [-0.1, -0.05) is 12.1 Å². The third kappa shape index (κ3) is 3.66. The second-order valence-electron chi connectivity index (χ2n) is 4.88. The summed E-state index contributed by atoms with van der Waals surface area (Å²) in [5.41, 5.74) is 1.76. The molecule has 0 unspecified atom stereocenters. The summed E-state index contributed by atoms with van der Waals surface area (Å²) in [6.07, 6.45) is 9.93. The summed E-state index contributed by atoms with van der Waals surface area (Å²) < 4.78 is 14.9. The third-order valence-corrected chi connectivity index (χ3v) is 3.26. The van der Waals surface area contributed by atoms with Crippen LogP contribution in [0.4, 0.5) is 10.3 Å². The minimum Gasteiger partial charge on any atom is -0.354 e. The van der Waals surface area contributed by atoms with Crippen molar-refractivity contribution in [2.45, 2.75) is 13.0 Å². The molecule has 1 N–H and O–H groups in total. The number of benzene rings is 1. The van der Waals surface area contributed by atoms with Crippen LogP contribution in [0.25, 0.3) is 11.1 Å². The number of aryl methyl sites for hydroxylation is 1. The maximum Gasteiger partial charge on any atom is 0.222 e. The average molecular weight is 297 g/mol. The van der Waals surface area contributed by atoms with Gasteiger partial charge in [0.1, 0.15) is 5.82 Å². The molecule has 112 valence electrons. The van der Waals surface area contributed by atoms with Crippen LogP contribution >= 0.6 is 0 Å². The standard InChI is InChI=1S/C16H16FN5/c17-15-4-2-13(3-5-15)14-10-20-16(21-11-14)19-6-1-8-22-9-7-18-12-22/h2-5,7,9-12H,1,6,8H2,(H,19,20,21). The molecule has 0 saturated heterocycles. The number of aromatic nitrogens is 4. The van der Waals surface area contributed by atoms with Crippen molar-refractivity contribution in [2.75, 3.05) is 11.9 Å². The Morgan fingerprint density at radius 1 is 1.05 bits per heavy atom. The summed E-state index contributed by atoms with van der Waals surface area (Å²) in [6.45, 7) is 1.69. The molecule has 0 aliphatic rings. The molecule has 0 spiro atoms. The molecule has 1 aromatic carbocycles. The van der Waals surface area contributed by atoms with Gasteiger partial charge in [0.15, 0.2) is 0 Å². The van der Waals surface area contributed by atoms with Crippen molar-refractivity contribution >= 4 is 5.95 Å². The van der Waals surface area contributed by atoms with Gasteiger partial charge in [0.2, 0.25) is 5.95 Å². The molecule has 0 saturated carbocycles. The number of nitrogens with zero attached hydrogens (tertiary/aromatic N) is 4. The number of anilines is 1. The van der Waals surface area contributed by atoms with E-state index in [4.69, 9.17) is 0 Å². The molecule has 0 atom stereocenters. The summed E-state index contributed by atoms with van der Waals surface area (Å²) >= 11 is 0. The van der Waals surface area contributed by atoms with Crippen LogP contribution in [0.15, 0.2) is 55.4 Å². The number of imidazole rings is 1. The zero-order valence-electron chi connectivity index (χ0n) is 12.0. The van der Waals surface area contributed by atoms with Crippen molar-refractivity contribution < 1.29 is 4.39 Å². The fourth-order valence-corrected chi connectivity index (χ4v) is 2.09. The van der Waals surface area contributed by atoms with Gasteiger partial charge in [-0.25, -0.2) is 19.3 Å². The highest BCUT2D eigenvalue weighted by molar-refractivity contribution is 5.61. The lowest BCUT2D eigenvalue weighted by atomic mass is 10.1. The lowest BCUT2D eigenvalue weighted by Gasteiger charge is -2.06. The first-order valence-corrected chi connectivity index (χ1v) is 7.09. The first-order valence-electron chi connectivity index (χ1n) is 7.09. The fourth-order valence-electron chi connectivity index (χ4n) is 2.09. The van der Waals surface area contributed by atoms with Crippen LogP contribution in [0.1, 0.15) is 6.42 Å². The minimum absolute atomic E-state index is 0.249. The second kappa shape index (κ2) is 6.80. The third-order valence-electron chi connectivity index (χ3n) is 3.26. The number of hydrogen-bond donors (Lipinski definition) is 1. The lowest BCUT2D eigenvalue weighted by Crippen LogP contribution is -2.08. The number of rotatable bonds is 6. The maximum absolute atomic E-state index is 12.9. The Kier molecular flexibility index (Phi) is 4.38. The SMILES string of the molecule is Fc1ccc(-c2cnc(NCCCn3ccnc3)nc2)cc1. The molecule has 0 fully saturated rings. The van der Waals surface area contributed by atoms with Crippen molar-refractivity contribution in [3.8, 4) is 11.1 Å². The molecule has 2 aromatic heterocycles. The molecule has 0 aliphatic carbocycles. The molecular formula is C16H16FN5. The van der Waals surface area contributed by atoms with Gasteiger partial charge in [0, 0.05) is 43.4 Å². The van der Waals surface area contributed by atoms with E-state index in [0.29, 0.717) is 5.95 Å². The Balaban J connectivity index is 1.52. The maximum atomic E-state index is 12.9. The molecule has 0 aliphatic heterocycles. The quantitative estimate of drug-likeness (QED) is 0.711. The Morgan fingerprint density at radius 3 is 2.50 bits per heavy atom. The van der Waals surface area contributed by atoms with E-state index in [1.54, 1.807) is 37.1 Å². The van der Waals surface area contributed by atoms with E-state index >= 15 is 0 Å². The number of nitrogens with one attached hydrogen (secondary N) is 1. The first-order chi connectivity index (χ1) is 10.8. The smallest absolute Gasteiger partial charge is 0.222 e. The summed E-state index contributed by atoms with van der Waals surface area (Å²) in [4.78, 5) is 12.6. The van der Waals surface area contributed by atoms with Crippen molar-refractivity contribution in [1.82, 2.24) is 19.5 Å². The molecule has 3 rings (SSSR count). The molecule has 6 heteroatoms. The summed E-state index contributed by atoms with van der Waals surface area (Å²) in [5, 5.41) is 3.18. The zero-order chi connectivity index (χ0) is 15.2. The van der Waals surface area contributed by atoms with E-state index in [1.165, 1.54) is 12.1 Å². The van der Waals surface area contributed by atoms with Crippen LogP contribution in [-0.4, -0.2) is 26.1 Å². The van der Waals surface area contributed by atoms with Crippen molar-refractivity contribution in [3.05, 3.63) is 61.2 Å². The molecule has 0 bridgehead atoms. The lowest BCUT2D eigenvalue weighted by molar-refractivity contribution is 0.628.